The predicted octanol–water partition coefficient (Wildman–Crippen LogP) is 2.61. The molecule has 0 aliphatic carbocycles. The molecule has 0 fully saturated rings. The van der Waals surface area contributed by atoms with E-state index >= 15 is 0 Å². The third-order valence-corrected chi connectivity index (χ3v) is 2.86. The Kier molecular flexibility index (Phi) is 5.65. The molecule has 16 heavy (non-hydrogen) atoms. The molecule has 86 valence electrons. The molecule has 0 amide bonds. The Morgan fingerprint density at radius 2 is 2.00 bits per heavy atom. The first-order chi connectivity index (χ1) is 7.70. The fraction of sp³-hybridized carbons (Fsp3) is 0.333. The van der Waals surface area contributed by atoms with Crippen LogP contribution in [0.15, 0.2) is 18.2 Å². The lowest BCUT2D eigenvalue weighted by molar-refractivity contribution is 0.582. The number of rotatable bonds is 4. The van der Waals surface area contributed by atoms with Crippen LogP contribution in [0.25, 0.3) is 0 Å². The normalized spacial score (nSPS) is 11.8. The molecular weight excluding hydrogens is 243 g/mol. The number of halogens is 2. The number of hydrogen-bond acceptors (Lipinski definition) is 2. The number of nitrogens with one attached hydrogen (secondary N) is 1. The molecule has 0 heterocycles. The second-order valence-corrected chi connectivity index (χ2v) is 4.05. The van der Waals surface area contributed by atoms with E-state index in [-0.39, 0.29) is 6.04 Å². The second-order valence-electron chi connectivity index (χ2n) is 3.23. The lowest BCUT2D eigenvalue weighted by Crippen LogP contribution is -2.29. The number of benzene rings is 1. The van der Waals surface area contributed by atoms with E-state index in [2.05, 4.69) is 17.2 Å². The minimum absolute atomic E-state index is 0.0675. The highest BCUT2D eigenvalue weighted by Gasteiger charge is 2.15. The molecule has 0 aliphatic heterocycles. The van der Waals surface area contributed by atoms with E-state index in [0.717, 1.165) is 5.56 Å². The molecule has 1 atom stereocenters. The highest BCUT2D eigenvalue weighted by atomic mass is 35.5. The van der Waals surface area contributed by atoms with Crippen molar-refractivity contribution in [3.63, 3.8) is 0 Å². The first-order valence-electron chi connectivity index (χ1n) is 4.97. The van der Waals surface area contributed by atoms with Crippen LogP contribution in [0.5, 0.6) is 0 Å². The third-order valence-electron chi connectivity index (χ3n) is 2.20. The SMILES string of the molecule is CC#CCNC(CN)c1c(Cl)cccc1Cl. The van der Waals surface area contributed by atoms with Gasteiger partial charge in [-0.2, -0.15) is 0 Å². The summed E-state index contributed by atoms with van der Waals surface area (Å²) in [7, 11) is 0. The Morgan fingerprint density at radius 3 is 2.50 bits per heavy atom. The standard InChI is InChI=1S/C12H14Cl2N2/c1-2-3-7-16-11(8-15)12-9(13)5-4-6-10(12)14/h4-6,11,16H,7-8,15H2,1H3. The van der Waals surface area contributed by atoms with E-state index in [1.54, 1.807) is 19.1 Å². The molecule has 0 bridgehead atoms. The molecule has 3 N–H and O–H groups in total. The lowest BCUT2D eigenvalue weighted by Gasteiger charge is -2.18. The molecule has 4 heteroatoms. The van der Waals surface area contributed by atoms with Crippen LogP contribution in [0, 0.1) is 11.8 Å². The number of nitrogens with two attached hydrogens (primary N) is 1. The third kappa shape index (κ3) is 3.40. The van der Waals surface area contributed by atoms with Crippen LogP contribution in [-0.2, 0) is 0 Å². The van der Waals surface area contributed by atoms with Crippen molar-refractivity contribution in [2.45, 2.75) is 13.0 Å². The Labute approximate surface area is 106 Å². The van der Waals surface area contributed by atoms with Gasteiger partial charge in [-0.3, -0.25) is 5.32 Å². The zero-order valence-corrected chi connectivity index (χ0v) is 10.6. The van der Waals surface area contributed by atoms with Crippen molar-refractivity contribution in [2.24, 2.45) is 5.73 Å². The predicted molar refractivity (Wildman–Crippen MR) is 69.7 cm³/mol. The van der Waals surface area contributed by atoms with Crippen molar-refractivity contribution < 1.29 is 0 Å². The van der Waals surface area contributed by atoms with Crippen LogP contribution < -0.4 is 11.1 Å². The molecular formula is C12H14Cl2N2. The molecule has 1 unspecified atom stereocenters. The maximum Gasteiger partial charge on any atom is 0.0581 e. The van der Waals surface area contributed by atoms with Gasteiger partial charge in [0.1, 0.15) is 0 Å². The minimum Gasteiger partial charge on any atom is -0.329 e. The summed E-state index contributed by atoms with van der Waals surface area (Å²) >= 11 is 12.2. The van der Waals surface area contributed by atoms with Gasteiger partial charge >= 0.3 is 0 Å². The van der Waals surface area contributed by atoms with Gasteiger partial charge in [0.25, 0.3) is 0 Å². The zero-order chi connectivity index (χ0) is 12.0. The summed E-state index contributed by atoms with van der Waals surface area (Å²) in [5.41, 5.74) is 6.54. The van der Waals surface area contributed by atoms with E-state index in [0.29, 0.717) is 23.1 Å². The molecule has 0 radical (unpaired) electrons. The Balaban J connectivity index is 2.88. The smallest absolute Gasteiger partial charge is 0.0581 e. The molecule has 1 aromatic rings. The van der Waals surface area contributed by atoms with Crippen LogP contribution in [0.1, 0.15) is 18.5 Å². The summed E-state index contributed by atoms with van der Waals surface area (Å²) in [5, 5.41) is 4.45. The Bertz CT molecular complexity index is 387. The van der Waals surface area contributed by atoms with Gasteiger partial charge in [0.15, 0.2) is 0 Å². The van der Waals surface area contributed by atoms with Crippen molar-refractivity contribution in [1.29, 1.82) is 0 Å². The van der Waals surface area contributed by atoms with Gasteiger partial charge in [0.05, 0.1) is 6.54 Å². The summed E-state index contributed by atoms with van der Waals surface area (Å²) in [5.74, 6) is 5.73. The Hall–Kier alpha value is -0.720. The minimum atomic E-state index is -0.0675. The molecule has 0 saturated carbocycles. The molecule has 0 saturated heterocycles. The van der Waals surface area contributed by atoms with Gasteiger partial charge < -0.3 is 5.73 Å². The zero-order valence-electron chi connectivity index (χ0n) is 9.06. The van der Waals surface area contributed by atoms with E-state index in [1.165, 1.54) is 0 Å². The molecule has 0 aromatic heterocycles. The fourth-order valence-electron chi connectivity index (χ4n) is 1.41. The maximum atomic E-state index is 6.10. The first-order valence-corrected chi connectivity index (χ1v) is 5.73. The topological polar surface area (TPSA) is 38.0 Å². The second kappa shape index (κ2) is 6.78. The summed E-state index contributed by atoms with van der Waals surface area (Å²) in [6, 6.07) is 5.35. The van der Waals surface area contributed by atoms with Gasteiger partial charge in [-0.1, -0.05) is 35.2 Å². The molecule has 0 spiro atoms. The summed E-state index contributed by atoms with van der Waals surface area (Å²) in [4.78, 5) is 0. The maximum absolute atomic E-state index is 6.10. The largest absolute Gasteiger partial charge is 0.329 e. The van der Waals surface area contributed by atoms with Crippen molar-refractivity contribution in [1.82, 2.24) is 5.32 Å². The van der Waals surface area contributed by atoms with Gasteiger partial charge in [-0.15, -0.1) is 5.92 Å². The van der Waals surface area contributed by atoms with Crippen molar-refractivity contribution >= 4 is 23.2 Å². The lowest BCUT2D eigenvalue weighted by atomic mass is 10.1. The van der Waals surface area contributed by atoms with Crippen LogP contribution in [-0.4, -0.2) is 13.1 Å². The van der Waals surface area contributed by atoms with E-state index < -0.39 is 0 Å². The van der Waals surface area contributed by atoms with Gasteiger partial charge in [0.2, 0.25) is 0 Å². The average molecular weight is 257 g/mol. The Morgan fingerprint density at radius 1 is 1.38 bits per heavy atom. The quantitative estimate of drug-likeness (QED) is 0.814. The van der Waals surface area contributed by atoms with Crippen molar-refractivity contribution in [3.8, 4) is 11.8 Å². The molecule has 2 nitrogen and oxygen atoms in total. The van der Waals surface area contributed by atoms with Gasteiger partial charge in [0, 0.05) is 28.2 Å². The average Bonchev–Trinajstić information content (AvgIpc) is 2.26. The van der Waals surface area contributed by atoms with Gasteiger partial charge in [-0.25, -0.2) is 0 Å². The summed E-state index contributed by atoms with van der Waals surface area (Å²) in [6.45, 7) is 2.79. The highest BCUT2D eigenvalue weighted by molar-refractivity contribution is 6.36. The monoisotopic (exact) mass is 256 g/mol. The summed E-state index contributed by atoms with van der Waals surface area (Å²) in [6.07, 6.45) is 0. The van der Waals surface area contributed by atoms with Crippen molar-refractivity contribution in [3.05, 3.63) is 33.8 Å². The van der Waals surface area contributed by atoms with Crippen LogP contribution >= 0.6 is 23.2 Å². The molecule has 1 aromatic carbocycles. The van der Waals surface area contributed by atoms with Crippen LogP contribution in [0.4, 0.5) is 0 Å². The van der Waals surface area contributed by atoms with Crippen LogP contribution in [0.2, 0.25) is 10.0 Å². The van der Waals surface area contributed by atoms with Crippen molar-refractivity contribution in [2.75, 3.05) is 13.1 Å². The fourth-order valence-corrected chi connectivity index (χ4v) is 2.07. The first kappa shape index (κ1) is 13.3. The van der Waals surface area contributed by atoms with E-state index in [4.69, 9.17) is 28.9 Å². The van der Waals surface area contributed by atoms with Crippen LogP contribution in [0.3, 0.4) is 0 Å². The van der Waals surface area contributed by atoms with E-state index in [1.807, 2.05) is 6.07 Å². The number of hydrogen-bond donors (Lipinski definition) is 2. The molecule has 0 aliphatic rings. The van der Waals surface area contributed by atoms with E-state index in [9.17, 15) is 0 Å². The highest BCUT2D eigenvalue weighted by Crippen LogP contribution is 2.29. The van der Waals surface area contributed by atoms with Gasteiger partial charge in [-0.05, 0) is 19.1 Å². The summed E-state index contributed by atoms with van der Waals surface area (Å²) < 4.78 is 0. The molecule has 1 rings (SSSR count).